The monoisotopic (exact) mass is 301 g/mol. The van der Waals surface area contributed by atoms with Gasteiger partial charge in [-0.3, -0.25) is 4.79 Å². The van der Waals surface area contributed by atoms with Crippen molar-refractivity contribution >= 4 is 5.91 Å². The van der Waals surface area contributed by atoms with Crippen LogP contribution in [0.5, 0.6) is 5.75 Å². The first kappa shape index (κ1) is 14.1. The van der Waals surface area contributed by atoms with Crippen LogP contribution in [0.1, 0.15) is 36.8 Å². The van der Waals surface area contributed by atoms with Crippen molar-refractivity contribution in [1.82, 2.24) is 4.90 Å². The number of morpholine rings is 1. The Kier molecular flexibility index (Phi) is 3.78. The average Bonchev–Trinajstić information content (AvgIpc) is 3.02. The number of nitrogens with zero attached hydrogens (tertiary/aromatic N) is 1. The maximum Gasteiger partial charge on any atom is 0.227 e. The first-order chi connectivity index (χ1) is 10.8. The highest BCUT2D eigenvalue weighted by atomic mass is 16.5. The lowest BCUT2D eigenvalue weighted by atomic mass is 9.89. The van der Waals surface area contributed by atoms with Gasteiger partial charge in [-0.25, -0.2) is 0 Å². The molecule has 4 nitrogen and oxygen atoms in total. The number of hydrogen-bond donors (Lipinski definition) is 0. The van der Waals surface area contributed by atoms with Gasteiger partial charge >= 0.3 is 0 Å². The molecule has 4 rings (SSSR count). The molecule has 4 heteroatoms. The predicted octanol–water partition coefficient (Wildman–Crippen LogP) is 2.33. The summed E-state index contributed by atoms with van der Waals surface area (Å²) in [6.45, 7) is 2.19. The van der Waals surface area contributed by atoms with E-state index in [1.54, 1.807) is 0 Å². The number of carbonyl (C=O) groups is 1. The molecule has 1 amide bonds. The van der Waals surface area contributed by atoms with Crippen molar-refractivity contribution in [2.24, 2.45) is 0 Å². The van der Waals surface area contributed by atoms with Crippen molar-refractivity contribution in [1.29, 1.82) is 0 Å². The SMILES string of the molecule is O=C(Cc1ccc2c(c1)CCO2)N1CCO[C@H]2CCCC[C@H]21. The Hall–Kier alpha value is -1.55. The zero-order valence-electron chi connectivity index (χ0n) is 12.9. The van der Waals surface area contributed by atoms with Crippen LogP contribution in [0.3, 0.4) is 0 Å². The molecule has 118 valence electrons. The molecule has 2 fully saturated rings. The Labute approximate surface area is 131 Å². The molecule has 2 aliphatic heterocycles. The minimum atomic E-state index is 0.249. The molecule has 0 bridgehead atoms. The van der Waals surface area contributed by atoms with Gasteiger partial charge in [-0.15, -0.1) is 0 Å². The standard InChI is InChI=1S/C18H23NO3/c20-18(12-13-5-6-16-14(11-13)7-9-21-16)19-8-10-22-17-4-2-1-3-15(17)19/h5-6,11,15,17H,1-4,7-10,12H2/t15-,17+/m1/s1. The second-order valence-corrected chi connectivity index (χ2v) is 6.57. The minimum absolute atomic E-state index is 0.249. The molecular formula is C18H23NO3. The molecular weight excluding hydrogens is 278 g/mol. The van der Waals surface area contributed by atoms with Gasteiger partial charge in [0.2, 0.25) is 5.91 Å². The third kappa shape index (κ3) is 2.60. The van der Waals surface area contributed by atoms with E-state index in [0.29, 0.717) is 19.1 Å². The number of ether oxygens (including phenoxy) is 2. The summed E-state index contributed by atoms with van der Waals surface area (Å²) < 4.78 is 11.4. The van der Waals surface area contributed by atoms with Gasteiger partial charge in [0, 0.05) is 13.0 Å². The van der Waals surface area contributed by atoms with Gasteiger partial charge in [0.1, 0.15) is 5.75 Å². The maximum absolute atomic E-state index is 12.8. The van der Waals surface area contributed by atoms with Gasteiger partial charge < -0.3 is 14.4 Å². The summed E-state index contributed by atoms with van der Waals surface area (Å²) in [6, 6.07) is 6.47. The summed E-state index contributed by atoms with van der Waals surface area (Å²) in [4.78, 5) is 14.8. The van der Waals surface area contributed by atoms with Crippen LogP contribution in [0, 0.1) is 0 Å². The molecule has 0 radical (unpaired) electrons. The van der Waals surface area contributed by atoms with Crippen molar-refractivity contribution in [3.05, 3.63) is 29.3 Å². The van der Waals surface area contributed by atoms with Gasteiger partial charge in [-0.05, 0) is 30.0 Å². The normalized spacial score (nSPS) is 27.0. The maximum atomic E-state index is 12.8. The molecule has 1 aromatic rings. The lowest BCUT2D eigenvalue weighted by Gasteiger charge is -2.43. The molecule has 1 aliphatic carbocycles. The molecule has 22 heavy (non-hydrogen) atoms. The fourth-order valence-corrected chi connectivity index (χ4v) is 4.03. The lowest BCUT2D eigenvalue weighted by molar-refractivity contribution is -0.148. The van der Waals surface area contributed by atoms with Crippen molar-refractivity contribution in [2.75, 3.05) is 19.8 Å². The Morgan fingerprint density at radius 3 is 3.09 bits per heavy atom. The minimum Gasteiger partial charge on any atom is -0.493 e. The summed E-state index contributed by atoms with van der Waals surface area (Å²) in [7, 11) is 0. The molecule has 0 spiro atoms. The Morgan fingerprint density at radius 1 is 1.23 bits per heavy atom. The highest BCUT2D eigenvalue weighted by Gasteiger charge is 2.36. The van der Waals surface area contributed by atoms with Crippen LogP contribution < -0.4 is 4.74 Å². The van der Waals surface area contributed by atoms with E-state index < -0.39 is 0 Å². The third-order valence-electron chi connectivity index (χ3n) is 5.16. The summed E-state index contributed by atoms with van der Waals surface area (Å²) in [5.74, 6) is 1.23. The molecule has 3 aliphatic rings. The van der Waals surface area contributed by atoms with E-state index in [1.807, 2.05) is 12.1 Å². The molecule has 0 aromatic heterocycles. The molecule has 1 aromatic carbocycles. The van der Waals surface area contributed by atoms with Crippen LogP contribution in [0.2, 0.25) is 0 Å². The van der Waals surface area contributed by atoms with Crippen molar-refractivity contribution in [3.63, 3.8) is 0 Å². The lowest BCUT2D eigenvalue weighted by Crippen LogP contribution is -2.55. The Bertz CT molecular complexity index is 569. The number of benzene rings is 1. The van der Waals surface area contributed by atoms with Crippen molar-refractivity contribution in [3.8, 4) is 5.75 Å². The van der Waals surface area contributed by atoms with E-state index in [4.69, 9.17) is 9.47 Å². The van der Waals surface area contributed by atoms with Crippen LogP contribution in [0.25, 0.3) is 0 Å². The number of hydrogen-bond acceptors (Lipinski definition) is 3. The Balaban J connectivity index is 1.47. The number of amides is 1. The predicted molar refractivity (Wildman–Crippen MR) is 83.1 cm³/mol. The zero-order valence-corrected chi connectivity index (χ0v) is 12.9. The van der Waals surface area contributed by atoms with E-state index in [9.17, 15) is 4.79 Å². The molecule has 1 saturated carbocycles. The van der Waals surface area contributed by atoms with E-state index in [0.717, 1.165) is 43.7 Å². The molecule has 0 unspecified atom stereocenters. The number of fused-ring (bicyclic) bond motifs is 2. The molecule has 1 saturated heterocycles. The van der Waals surface area contributed by atoms with E-state index in [2.05, 4.69) is 11.0 Å². The van der Waals surface area contributed by atoms with Crippen LogP contribution in [-0.2, 0) is 22.4 Å². The second kappa shape index (κ2) is 5.92. The van der Waals surface area contributed by atoms with Gasteiger partial charge in [-0.2, -0.15) is 0 Å². The van der Waals surface area contributed by atoms with E-state index >= 15 is 0 Å². The third-order valence-corrected chi connectivity index (χ3v) is 5.16. The first-order valence-corrected chi connectivity index (χ1v) is 8.47. The highest BCUT2D eigenvalue weighted by Crippen LogP contribution is 2.30. The fourth-order valence-electron chi connectivity index (χ4n) is 4.03. The molecule has 2 heterocycles. The summed E-state index contributed by atoms with van der Waals surface area (Å²) in [5.41, 5.74) is 2.34. The summed E-state index contributed by atoms with van der Waals surface area (Å²) in [5, 5.41) is 0. The van der Waals surface area contributed by atoms with Crippen LogP contribution >= 0.6 is 0 Å². The van der Waals surface area contributed by atoms with Crippen LogP contribution in [-0.4, -0.2) is 42.7 Å². The Morgan fingerprint density at radius 2 is 2.14 bits per heavy atom. The molecule has 0 N–H and O–H groups in total. The zero-order chi connectivity index (χ0) is 14.9. The topological polar surface area (TPSA) is 38.8 Å². The first-order valence-electron chi connectivity index (χ1n) is 8.47. The van der Waals surface area contributed by atoms with Crippen molar-refractivity contribution in [2.45, 2.75) is 50.7 Å². The summed E-state index contributed by atoms with van der Waals surface area (Å²) in [6.07, 6.45) is 6.35. The van der Waals surface area contributed by atoms with Gasteiger partial charge in [0.05, 0.1) is 31.8 Å². The van der Waals surface area contributed by atoms with Crippen molar-refractivity contribution < 1.29 is 14.3 Å². The van der Waals surface area contributed by atoms with Gasteiger partial charge in [0.25, 0.3) is 0 Å². The number of rotatable bonds is 2. The highest BCUT2D eigenvalue weighted by molar-refractivity contribution is 5.79. The van der Waals surface area contributed by atoms with E-state index in [1.165, 1.54) is 18.4 Å². The van der Waals surface area contributed by atoms with E-state index in [-0.39, 0.29) is 12.0 Å². The molecule has 2 atom stereocenters. The van der Waals surface area contributed by atoms with Gasteiger partial charge in [0.15, 0.2) is 0 Å². The second-order valence-electron chi connectivity index (χ2n) is 6.57. The quantitative estimate of drug-likeness (QED) is 0.841. The van der Waals surface area contributed by atoms with Gasteiger partial charge in [-0.1, -0.05) is 25.0 Å². The number of carbonyl (C=O) groups excluding carboxylic acids is 1. The summed E-state index contributed by atoms with van der Waals surface area (Å²) >= 11 is 0. The average molecular weight is 301 g/mol. The van der Waals surface area contributed by atoms with Crippen LogP contribution in [0.15, 0.2) is 18.2 Å². The fraction of sp³-hybridized carbons (Fsp3) is 0.611. The van der Waals surface area contributed by atoms with Crippen LogP contribution in [0.4, 0.5) is 0 Å². The smallest absolute Gasteiger partial charge is 0.227 e. The largest absolute Gasteiger partial charge is 0.493 e.